The van der Waals surface area contributed by atoms with E-state index in [1.165, 1.54) is 0 Å². The Kier molecular flexibility index (Phi) is 2.65. The first kappa shape index (κ1) is 8.27. The van der Waals surface area contributed by atoms with E-state index in [1.54, 1.807) is 11.8 Å². The number of carbonyl (C=O) groups is 1. The summed E-state index contributed by atoms with van der Waals surface area (Å²) >= 11 is 0. The first-order chi connectivity index (χ1) is 5.22. The summed E-state index contributed by atoms with van der Waals surface area (Å²) < 4.78 is 0. The van der Waals surface area contributed by atoms with Crippen molar-refractivity contribution in [3.63, 3.8) is 0 Å². The standard InChI is InChI=1S/C8H13N2O/c1-7(2)8(11)10-5-3-9-4-6-10/h1,3-6H2,2H3. The molecule has 0 spiro atoms. The molecule has 0 saturated carbocycles. The Bertz CT molecular complexity index is 171. The predicted molar refractivity (Wildman–Crippen MR) is 43.3 cm³/mol. The molecule has 3 nitrogen and oxygen atoms in total. The predicted octanol–water partition coefficient (Wildman–Crippen LogP) is 0.00910. The average molecular weight is 153 g/mol. The Morgan fingerprint density at radius 1 is 1.45 bits per heavy atom. The van der Waals surface area contributed by atoms with E-state index in [-0.39, 0.29) is 5.91 Å². The molecule has 0 N–H and O–H groups in total. The molecule has 0 unspecified atom stereocenters. The zero-order valence-electron chi connectivity index (χ0n) is 6.84. The van der Waals surface area contributed by atoms with Crippen LogP contribution in [0.2, 0.25) is 0 Å². The van der Waals surface area contributed by atoms with Crippen molar-refractivity contribution in [1.82, 2.24) is 10.2 Å². The van der Waals surface area contributed by atoms with Gasteiger partial charge in [-0.05, 0) is 6.92 Å². The number of hydrogen-bond donors (Lipinski definition) is 0. The highest BCUT2D eigenvalue weighted by Crippen LogP contribution is 2.00. The summed E-state index contributed by atoms with van der Waals surface area (Å²) in [5, 5.41) is 4.15. The Morgan fingerprint density at radius 2 is 2.00 bits per heavy atom. The molecular weight excluding hydrogens is 140 g/mol. The van der Waals surface area contributed by atoms with E-state index in [0.717, 1.165) is 26.2 Å². The molecule has 0 atom stereocenters. The molecule has 0 bridgehead atoms. The van der Waals surface area contributed by atoms with E-state index in [9.17, 15) is 4.79 Å². The van der Waals surface area contributed by atoms with E-state index in [0.29, 0.717) is 5.57 Å². The summed E-state index contributed by atoms with van der Waals surface area (Å²) in [5.41, 5.74) is 0.618. The van der Waals surface area contributed by atoms with Crippen LogP contribution in [0.3, 0.4) is 0 Å². The average Bonchev–Trinajstić information content (AvgIpc) is 2.05. The Labute approximate surface area is 67.1 Å². The van der Waals surface area contributed by atoms with E-state index >= 15 is 0 Å². The van der Waals surface area contributed by atoms with Crippen molar-refractivity contribution in [2.75, 3.05) is 26.2 Å². The fraction of sp³-hybridized carbons (Fsp3) is 0.625. The van der Waals surface area contributed by atoms with Crippen LogP contribution >= 0.6 is 0 Å². The molecule has 1 heterocycles. The third-order valence-corrected chi connectivity index (χ3v) is 1.71. The molecule has 1 amide bonds. The van der Waals surface area contributed by atoms with Crippen LogP contribution in [0.1, 0.15) is 6.92 Å². The molecular formula is C8H13N2O. The number of carbonyl (C=O) groups excluding carboxylic acids is 1. The maximum atomic E-state index is 11.3. The first-order valence-electron chi connectivity index (χ1n) is 3.80. The number of piperazine rings is 1. The topological polar surface area (TPSA) is 34.4 Å². The zero-order valence-corrected chi connectivity index (χ0v) is 6.84. The van der Waals surface area contributed by atoms with Gasteiger partial charge in [0.25, 0.3) is 0 Å². The van der Waals surface area contributed by atoms with Crippen LogP contribution in [0.4, 0.5) is 0 Å². The third kappa shape index (κ3) is 2.05. The van der Waals surface area contributed by atoms with Gasteiger partial charge in [0.1, 0.15) is 0 Å². The van der Waals surface area contributed by atoms with Crippen molar-refractivity contribution >= 4 is 5.91 Å². The number of nitrogens with zero attached hydrogens (tertiary/aromatic N) is 2. The molecule has 1 radical (unpaired) electrons. The fourth-order valence-electron chi connectivity index (χ4n) is 1.08. The number of rotatable bonds is 1. The van der Waals surface area contributed by atoms with Crippen molar-refractivity contribution in [3.05, 3.63) is 12.2 Å². The van der Waals surface area contributed by atoms with E-state index in [4.69, 9.17) is 0 Å². The lowest BCUT2D eigenvalue weighted by molar-refractivity contribution is -0.127. The lowest BCUT2D eigenvalue weighted by atomic mass is 10.2. The van der Waals surface area contributed by atoms with Crippen LogP contribution in [-0.2, 0) is 4.79 Å². The van der Waals surface area contributed by atoms with E-state index < -0.39 is 0 Å². The Morgan fingerprint density at radius 3 is 2.45 bits per heavy atom. The van der Waals surface area contributed by atoms with Crippen molar-refractivity contribution in [2.24, 2.45) is 0 Å². The molecule has 0 aromatic heterocycles. The van der Waals surface area contributed by atoms with Gasteiger partial charge >= 0.3 is 0 Å². The molecule has 61 valence electrons. The Hall–Kier alpha value is -0.830. The summed E-state index contributed by atoms with van der Waals surface area (Å²) in [6.07, 6.45) is 0. The monoisotopic (exact) mass is 153 g/mol. The molecule has 3 heteroatoms. The summed E-state index contributed by atoms with van der Waals surface area (Å²) in [5.74, 6) is 0.0694. The van der Waals surface area contributed by atoms with Gasteiger partial charge in [-0.1, -0.05) is 6.58 Å². The molecule has 11 heavy (non-hydrogen) atoms. The first-order valence-corrected chi connectivity index (χ1v) is 3.80. The maximum absolute atomic E-state index is 11.3. The van der Waals surface area contributed by atoms with Gasteiger partial charge in [-0.2, -0.15) is 0 Å². The van der Waals surface area contributed by atoms with E-state index in [2.05, 4.69) is 11.9 Å². The van der Waals surface area contributed by atoms with Gasteiger partial charge in [0.05, 0.1) is 0 Å². The van der Waals surface area contributed by atoms with Crippen LogP contribution in [0.15, 0.2) is 12.2 Å². The van der Waals surface area contributed by atoms with Gasteiger partial charge in [-0.25, -0.2) is 5.32 Å². The van der Waals surface area contributed by atoms with Gasteiger partial charge in [0.15, 0.2) is 0 Å². The highest BCUT2D eigenvalue weighted by Gasteiger charge is 2.16. The highest BCUT2D eigenvalue weighted by molar-refractivity contribution is 5.92. The maximum Gasteiger partial charge on any atom is 0.248 e. The van der Waals surface area contributed by atoms with Crippen molar-refractivity contribution in [3.8, 4) is 0 Å². The second-order valence-electron chi connectivity index (χ2n) is 2.74. The zero-order chi connectivity index (χ0) is 8.27. The third-order valence-electron chi connectivity index (χ3n) is 1.71. The molecule has 0 aliphatic carbocycles. The number of hydrogen-bond acceptors (Lipinski definition) is 1. The molecule has 1 fully saturated rings. The van der Waals surface area contributed by atoms with Crippen molar-refractivity contribution in [2.45, 2.75) is 6.92 Å². The molecule has 1 rings (SSSR count). The lowest BCUT2D eigenvalue weighted by Gasteiger charge is -2.26. The molecule has 1 aliphatic rings. The minimum absolute atomic E-state index is 0.0694. The molecule has 0 aromatic carbocycles. The number of amides is 1. The van der Waals surface area contributed by atoms with Gasteiger partial charge in [-0.15, -0.1) is 0 Å². The van der Waals surface area contributed by atoms with Gasteiger partial charge < -0.3 is 4.90 Å². The van der Waals surface area contributed by atoms with Gasteiger partial charge in [-0.3, -0.25) is 4.79 Å². The Balaban J connectivity index is 2.45. The van der Waals surface area contributed by atoms with Crippen molar-refractivity contribution < 1.29 is 4.79 Å². The fourth-order valence-corrected chi connectivity index (χ4v) is 1.08. The summed E-state index contributed by atoms with van der Waals surface area (Å²) in [6.45, 7) is 8.42. The van der Waals surface area contributed by atoms with Gasteiger partial charge in [0.2, 0.25) is 5.91 Å². The summed E-state index contributed by atoms with van der Waals surface area (Å²) in [4.78, 5) is 13.1. The van der Waals surface area contributed by atoms with Gasteiger partial charge in [0, 0.05) is 31.8 Å². The minimum Gasteiger partial charge on any atom is -0.336 e. The van der Waals surface area contributed by atoms with Crippen molar-refractivity contribution in [1.29, 1.82) is 0 Å². The lowest BCUT2D eigenvalue weighted by Crippen LogP contribution is -2.43. The van der Waals surface area contributed by atoms with Crippen LogP contribution < -0.4 is 5.32 Å². The van der Waals surface area contributed by atoms with Crippen LogP contribution in [-0.4, -0.2) is 37.0 Å². The smallest absolute Gasteiger partial charge is 0.248 e. The molecule has 1 aliphatic heterocycles. The summed E-state index contributed by atoms with van der Waals surface area (Å²) in [7, 11) is 0. The largest absolute Gasteiger partial charge is 0.336 e. The molecule has 0 aromatic rings. The SMILES string of the molecule is C=C(C)C(=O)N1CC[N]CC1. The van der Waals surface area contributed by atoms with Crippen LogP contribution in [0.5, 0.6) is 0 Å². The highest BCUT2D eigenvalue weighted by atomic mass is 16.2. The second-order valence-corrected chi connectivity index (χ2v) is 2.74. The second kappa shape index (κ2) is 3.53. The summed E-state index contributed by atoms with van der Waals surface area (Å²) in [6, 6.07) is 0. The quantitative estimate of drug-likeness (QED) is 0.489. The normalized spacial score (nSPS) is 18.1. The van der Waals surface area contributed by atoms with Crippen LogP contribution in [0.25, 0.3) is 0 Å². The van der Waals surface area contributed by atoms with Crippen LogP contribution in [0, 0.1) is 0 Å². The minimum atomic E-state index is 0.0694. The van der Waals surface area contributed by atoms with E-state index in [1.807, 2.05) is 0 Å². The molecule has 1 saturated heterocycles.